The van der Waals surface area contributed by atoms with Gasteiger partial charge in [0.1, 0.15) is 0 Å². The SMILES string of the molecule is CN1C(=O)CC(N(C)CC2(O)CCOCC2)C1=O. The Kier molecular flexibility index (Phi) is 3.70. The van der Waals surface area contributed by atoms with Gasteiger partial charge in [-0.05, 0) is 7.05 Å². The summed E-state index contributed by atoms with van der Waals surface area (Å²) in [5, 5.41) is 10.4. The molecular weight excluding hydrogens is 236 g/mol. The van der Waals surface area contributed by atoms with Crippen molar-refractivity contribution in [1.82, 2.24) is 9.80 Å². The Labute approximate surface area is 106 Å². The fraction of sp³-hybridized carbons (Fsp3) is 0.833. The second kappa shape index (κ2) is 4.95. The number of imide groups is 1. The molecule has 2 fully saturated rings. The monoisotopic (exact) mass is 256 g/mol. The fourth-order valence-electron chi connectivity index (χ4n) is 2.56. The van der Waals surface area contributed by atoms with Gasteiger partial charge >= 0.3 is 0 Å². The zero-order valence-electron chi connectivity index (χ0n) is 10.9. The van der Waals surface area contributed by atoms with Crippen LogP contribution >= 0.6 is 0 Å². The zero-order valence-corrected chi connectivity index (χ0v) is 10.9. The van der Waals surface area contributed by atoms with Crippen molar-refractivity contribution in [1.29, 1.82) is 0 Å². The second-order valence-corrected chi connectivity index (χ2v) is 5.26. The summed E-state index contributed by atoms with van der Waals surface area (Å²) in [5.41, 5.74) is -0.808. The Morgan fingerprint density at radius 1 is 1.44 bits per heavy atom. The number of nitrogens with zero attached hydrogens (tertiary/aromatic N) is 2. The first kappa shape index (κ1) is 13.5. The molecule has 0 saturated carbocycles. The molecule has 0 bridgehead atoms. The third-order valence-corrected chi connectivity index (χ3v) is 3.86. The van der Waals surface area contributed by atoms with E-state index in [0.717, 1.165) is 4.90 Å². The summed E-state index contributed by atoms with van der Waals surface area (Å²) >= 11 is 0. The Balaban J connectivity index is 1.97. The summed E-state index contributed by atoms with van der Waals surface area (Å²) in [4.78, 5) is 26.3. The van der Waals surface area contributed by atoms with Crippen LogP contribution in [-0.4, -0.2) is 72.2 Å². The van der Waals surface area contributed by atoms with Gasteiger partial charge in [-0.2, -0.15) is 0 Å². The number of likely N-dealkylation sites (tertiary alicyclic amines) is 1. The van der Waals surface area contributed by atoms with Crippen molar-refractivity contribution in [3.8, 4) is 0 Å². The van der Waals surface area contributed by atoms with Crippen LogP contribution in [0, 0.1) is 0 Å². The maximum absolute atomic E-state index is 11.9. The van der Waals surface area contributed by atoms with Gasteiger partial charge in [0.25, 0.3) is 0 Å². The molecule has 6 nitrogen and oxygen atoms in total. The Hall–Kier alpha value is -0.980. The average molecular weight is 256 g/mol. The summed E-state index contributed by atoms with van der Waals surface area (Å²) in [6, 6.07) is -0.436. The number of carbonyl (C=O) groups is 2. The number of likely N-dealkylation sites (N-methyl/N-ethyl adjacent to an activating group) is 2. The van der Waals surface area contributed by atoms with Crippen LogP contribution in [-0.2, 0) is 14.3 Å². The lowest BCUT2D eigenvalue weighted by molar-refractivity contribution is -0.138. The molecule has 0 aromatic rings. The van der Waals surface area contributed by atoms with Gasteiger partial charge in [-0.25, -0.2) is 0 Å². The number of ether oxygens (including phenoxy) is 1. The van der Waals surface area contributed by atoms with Gasteiger partial charge in [0.2, 0.25) is 11.8 Å². The molecule has 1 unspecified atom stereocenters. The van der Waals surface area contributed by atoms with Crippen molar-refractivity contribution in [2.45, 2.75) is 30.9 Å². The number of carbonyl (C=O) groups excluding carboxylic acids is 2. The van der Waals surface area contributed by atoms with Crippen molar-refractivity contribution in [3.63, 3.8) is 0 Å². The predicted octanol–water partition coefficient (Wildman–Crippen LogP) is -0.783. The van der Waals surface area contributed by atoms with Crippen molar-refractivity contribution in [2.75, 3.05) is 33.9 Å². The van der Waals surface area contributed by atoms with Gasteiger partial charge in [0.05, 0.1) is 18.1 Å². The molecule has 2 heterocycles. The molecule has 0 aromatic carbocycles. The lowest BCUT2D eigenvalue weighted by atomic mass is 9.93. The summed E-state index contributed by atoms with van der Waals surface area (Å²) in [7, 11) is 3.28. The van der Waals surface area contributed by atoms with Gasteiger partial charge in [-0.15, -0.1) is 0 Å². The third-order valence-electron chi connectivity index (χ3n) is 3.86. The minimum Gasteiger partial charge on any atom is -0.388 e. The van der Waals surface area contributed by atoms with Gasteiger partial charge in [-0.3, -0.25) is 19.4 Å². The molecule has 6 heteroatoms. The minimum atomic E-state index is -0.808. The molecule has 0 spiro atoms. The highest BCUT2D eigenvalue weighted by atomic mass is 16.5. The van der Waals surface area contributed by atoms with E-state index in [0.29, 0.717) is 32.6 Å². The van der Waals surface area contributed by atoms with E-state index in [1.165, 1.54) is 7.05 Å². The van der Waals surface area contributed by atoms with E-state index in [-0.39, 0.29) is 18.2 Å². The first-order valence-corrected chi connectivity index (χ1v) is 6.24. The van der Waals surface area contributed by atoms with Gasteiger partial charge in [0, 0.05) is 39.6 Å². The molecular formula is C12H20N2O4. The minimum absolute atomic E-state index is 0.157. The molecule has 2 saturated heterocycles. The lowest BCUT2D eigenvalue weighted by Crippen LogP contribution is -2.50. The van der Waals surface area contributed by atoms with Crippen LogP contribution in [0.4, 0.5) is 0 Å². The topological polar surface area (TPSA) is 70.1 Å². The van der Waals surface area contributed by atoms with Crippen LogP contribution in [0.3, 0.4) is 0 Å². The molecule has 0 radical (unpaired) electrons. The number of rotatable bonds is 3. The number of amides is 2. The summed E-state index contributed by atoms with van der Waals surface area (Å²) in [5.74, 6) is -0.339. The van der Waals surface area contributed by atoms with E-state index in [9.17, 15) is 14.7 Å². The fourth-order valence-corrected chi connectivity index (χ4v) is 2.56. The quantitative estimate of drug-likeness (QED) is 0.671. The summed E-state index contributed by atoms with van der Waals surface area (Å²) in [6.07, 6.45) is 1.35. The summed E-state index contributed by atoms with van der Waals surface area (Å²) < 4.78 is 5.22. The molecule has 2 aliphatic heterocycles. The molecule has 2 amide bonds. The highest BCUT2D eigenvalue weighted by Gasteiger charge is 2.41. The van der Waals surface area contributed by atoms with Gasteiger partial charge < -0.3 is 9.84 Å². The molecule has 18 heavy (non-hydrogen) atoms. The van der Waals surface area contributed by atoms with Crippen LogP contribution in [0.2, 0.25) is 0 Å². The molecule has 1 N–H and O–H groups in total. The van der Waals surface area contributed by atoms with E-state index >= 15 is 0 Å². The zero-order chi connectivity index (χ0) is 13.3. The molecule has 0 aromatic heterocycles. The first-order valence-electron chi connectivity index (χ1n) is 6.24. The third kappa shape index (κ3) is 2.55. The molecule has 102 valence electrons. The number of aliphatic hydroxyl groups is 1. The van der Waals surface area contributed by atoms with Crippen LogP contribution in [0.15, 0.2) is 0 Å². The van der Waals surface area contributed by atoms with Crippen molar-refractivity contribution < 1.29 is 19.4 Å². The second-order valence-electron chi connectivity index (χ2n) is 5.26. The van der Waals surface area contributed by atoms with Crippen molar-refractivity contribution in [2.24, 2.45) is 0 Å². The molecule has 2 rings (SSSR count). The highest BCUT2D eigenvalue weighted by molar-refractivity contribution is 6.05. The Morgan fingerprint density at radius 3 is 2.56 bits per heavy atom. The number of hydrogen-bond acceptors (Lipinski definition) is 5. The van der Waals surface area contributed by atoms with Gasteiger partial charge in [-0.1, -0.05) is 0 Å². The number of hydrogen-bond donors (Lipinski definition) is 1. The maximum Gasteiger partial charge on any atom is 0.246 e. The van der Waals surface area contributed by atoms with E-state index in [1.54, 1.807) is 11.9 Å². The predicted molar refractivity (Wildman–Crippen MR) is 63.8 cm³/mol. The Bertz CT molecular complexity index is 352. The van der Waals surface area contributed by atoms with E-state index in [1.807, 2.05) is 0 Å². The standard InChI is InChI=1S/C12H20N2O4/c1-13(8-12(17)3-5-18-6-4-12)9-7-10(15)14(2)11(9)16/h9,17H,3-8H2,1-2H3. The molecule has 0 aliphatic carbocycles. The van der Waals surface area contributed by atoms with Crippen LogP contribution < -0.4 is 0 Å². The van der Waals surface area contributed by atoms with E-state index < -0.39 is 11.6 Å². The van der Waals surface area contributed by atoms with Gasteiger partial charge in [0.15, 0.2) is 0 Å². The normalized spacial score (nSPS) is 28.2. The van der Waals surface area contributed by atoms with E-state index in [2.05, 4.69) is 0 Å². The van der Waals surface area contributed by atoms with E-state index in [4.69, 9.17) is 4.74 Å². The molecule has 1 atom stereocenters. The summed E-state index contributed by atoms with van der Waals surface area (Å²) in [6.45, 7) is 1.48. The van der Waals surface area contributed by atoms with Crippen molar-refractivity contribution in [3.05, 3.63) is 0 Å². The highest BCUT2D eigenvalue weighted by Crippen LogP contribution is 2.24. The molecule has 2 aliphatic rings. The smallest absolute Gasteiger partial charge is 0.246 e. The largest absolute Gasteiger partial charge is 0.388 e. The Morgan fingerprint density at radius 2 is 2.06 bits per heavy atom. The first-order chi connectivity index (χ1) is 8.43. The van der Waals surface area contributed by atoms with Crippen LogP contribution in [0.25, 0.3) is 0 Å². The van der Waals surface area contributed by atoms with Crippen molar-refractivity contribution >= 4 is 11.8 Å². The maximum atomic E-state index is 11.9. The van der Waals surface area contributed by atoms with Crippen LogP contribution in [0.5, 0.6) is 0 Å². The van der Waals surface area contributed by atoms with Crippen LogP contribution in [0.1, 0.15) is 19.3 Å². The average Bonchev–Trinajstić information content (AvgIpc) is 2.57. The lowest BCUT2D eigenvalue weighted by Gasteiger charge is -2.36.